The average Bonchev–Trinajstić information content (AvgIpc) is 2.95. The molecule has 2 aliphatic heterocycles. The highest BCUT2D eigenvalue weighted by Crippen LogP contribution is 2.30. The van der Waals surface area contributed by atoms with Crippen LogP contribution in [0.15, 0.2) is 48.5 Å². The number of ether oxygens (including phenoxy) is 2. The molecule has 0 aliphatic carbocycles. The summed E-state index contributed by atoms with van der Waals surface area (Å²) >= 11 is 0. The molecule has 39 heavy (non-hydrogen) atoms. The van der Waals surface area contributed by atoms with Gasteiger partial charge in [-0.1, -0.05) is 44.5 Å². The zero-order valence-corrected chi connectivity index (χ0v) is 23.4. The van der Waals surface area contributed by atoms with E-state index in [0.29, 0.717) is 19.5 Å². The minimum absolute atomic E-state index is 0.0263. The van der Waals surface area contributed by atoms with Crippen LogP contribution in [-0.2, 0) is 22.6 Å². The lowest BCUT2D eigenvalue weighted by Crippen LogP contribution is -2.76. The molecule has 2 saturated heterocycles. The molecule has 2 aromatic rings. The number of nitrogens with one attached hydrogen (secondary N) is 1. The van der Waals surface area contributed by atoms with Crippen LogP contribution in [0.2, 0.25) is 0 Å². The molecule has 0 saturated carbocycles. The largest absolute Gasteiger partial charge is 0.497 e. The van der Waals surface area contributed by atoms with Gasteiger partial charge in [-0.25, -0.2) is 14.8 Å². The van der Waals surface area contributed by atoms with E-state index in [4.69, 9.17) is 9.47 Å². The summed E-state index contributed by atoms with van der Waals surface area (Å²) in [5.41, 5.74) is 2.01. The maximum absolute atomic E-state index is 13.7. The van der Waals surface area contributed by atoms with Crippen LogP contribution in [0, 0.1) is 5.92 Å². The molecule has 0 bridgehead atoms. The van der Waals surface area contributed by atoms with E-state index in [9.17, 15) is 14.4 Å². The summed E-state index contributed by atoms with van der Waals surface area (Å²) in [6.07, 6.45) is 0.793. The minimum Gasteiger partial charge on any atom is -0.497 e. The topological polar surface area (TPSA) is 94.7 Å². The Bertz CT molecular complexity index is 1160. The third-order valence-electron chi connectivity index (χ3n) is 7.69. The third kappa shape index (κ3) is 6.11. The first-order chi connectivity index (χ1) is 18.8. The molecule has 2 heterocycles. The van der Waals surface area contributed by atoms with E-state index in [-0.39, 0.29) is 36.9 Å². The molecule has 0 radical (unpaired) electrons. The Kier molecular flexibility index (Phi) is 8.96. The van der Waals surface area contributed by atoms with Gasteiger partial charge in [-0.3, -0.25) is 9.59 Å². The van der Waals surface area contributed by atoms with E-state index in [1.54, 1.807) is 41.1 Å². The first-order valence-electron chi connectivity index (χ1n) is 13.4. The number of nitrogens with zero attached hydrogens (tertiary/aromatic N) is 4. The van der Waals surface area contributed by atoms with Crippen molar-refractivity contribution in [1.29, 1.82) is 0 Å². The lowest BCUT2D eigenvalue weighted by atomic mass is 9.92. The lowest BCUT2D eigenvalue weighted by Gasteiger charge is -2.55. The van der Waals surface area contributed by atoms with Crippen molar-refractivity contribution in [2.75, 3.05) is 40.9 Å². The Hall–Kier alpha value is -3.79. The van der Waals surface area contributed by atoms with Crippen molar-refractivity contribution in [3.8, 4) is 11.5 Å². The Morgan fingerprint density at radius 2 is 1.59 bits per heavy atom. The highest BCUT2D eigenvalue weighted by atomic mass is 16.5. The van der Waals surface area contributed by atoms with Gasteiger partial charge < -0.3 is 24.6 Å². The number of hydrogen-bond acceptors (Lipinski definition) is 6. The number of likely N-dealkylation sites (N-methyl/N-ethyl adjacent to an activating group) is 1. The highest BCUT2D eigenvalue weighted by Gasteiger charge is 2.51. The second kappa shape index (κ2) is 12.4. The van der Waals surface area contributed by atoms with E-state index in [0.717, 1.165) is 29.0 Å². The smallest absolute Gasteiger partial charge is 0.334 e. The van der Waals surface area contributed by atoms with Crippen molar-refractivity contribution in [3.05, 3.63) is 59.7 Å². The molecule has 10 nitrogen and oxygen atoms in total. The van der Waals surface area contributed by atoms with Crippen molar-refractivity contribution < 1.29 is 23.9 Å². The van der Waals surface area contributed by atoms with Crippen LogP contribution in [0.1, 0.15) is 31.4 Å². The van der Waals surface area contributed by atoms with Crippen LogP contribution in [-0.4, -0.2) is 90.8 Å². The number of urea groups is 1. The monoisotopic (exact) mass is 537 g/mol. The fraction of sp³-hybridized carbons (Fsp3) is 0.483. The number of fused-ring (bicyclic) bond motifs is 1. The normalized spacial score (nSPS) is 20.5. The third-order valence-corrected chi connectivity index (χ3v) is 7.69. The molecule has 0 spiro atoms. The van der Waals surface area contributed by atoms with E-state index >= 15 is 0 Å². The van der Waals surface area contributed by atoms with Crippen molar-refractivity contribution in [2.45, 2.75) is 45.4 Å². The summed E-state index contributed by atoms with van der Waals surface area (Å²) in [6.45, 7) is 5.09. The fourth-order valence-electron chi connectivity index (χ4n) is 5.26. The lowest BCUT2D eigenvalue weighted by molar-refractivity contribution is -0.190. The van der Waals surface area contributed by atoms with Crippen molar-refractivity contribution in [1.82, 2.24) is 25.1 Å². The summed E-state index contributed by atoms with van der Waals surface area (Å²) in [6, 6.07) is 14.3. The van der Waals surface area contributed by atoms with Crippen molar-refractivity contribution in [2.24, 2.45) is 5.92 Å². The summed E-state index contributed by atoms with van der Waals surface area (Å²) in [5, 5.41) is 6.23. The summed E-state index contributed by atoms with van der Waals surface area (Å²) in [4.78, 5) is 44.0. The molecule has 2 fully saturated rings. The van der Waals surface area contributed by atoms with E-state index in [1.807, 2.05) is 62.4 Å². The number of amides is 4. The number of carbonyl (C=O) groups is 3. The number of benzene rings is 2. The predicted molar refractivity (Wildman–Crippen MR) is 147 cm³/mol. The molecular formula is C29H39N5O5. The number of hydrazine groups is 1. The maximum atomic E-state index is 13.7. The van der Waals surface area contributed by atoms with Crippen LogP contribution in [0.25, 0.3) is 0 Å². The minimum atomic E-state index is -0.622. The Balaban J connectivity index is 1.54. The van der Waals surface area contributed by atoms with Gasteiger partial charge in [-0.05, 0) is 47.7 Å². The van der Waals surface area contributed by atoms with Gasteiger partial charge in [0.25, 0.3) is 0 Å². The summed E-state index contributed by atoms with van der Waals surface area (Å²) in [5.74, 6) is 1.26. The Labute approximate surface area is 230 Å². The molecule has 210 valence electrons. The second-order valence-corrected chi connectivity index (χ2v) is 10.2. The quantitative estimate of drug-likeness (QED) is 0.529. The second-order valence-electron chi connectivity index (χ2n) is 10.2. The van der Waals surface area contributed by atoms with Crippen LogP contribution < -0.4 is 14.8 Å². The summed E-state index contributed by atoms with van der Waals surface area (Å²) < 4.78 is 10.5. The van der Waals surface area contributed by atoms with Crippen molar-refractivity contribution >= 4 is 17.8 Å². The molecule has 1 unspecified atom stereocenters. The SMILES string of the molecule is CCC(C)[C@H]1C(=O)N(CCc2ccc(OC)cc2)C[C@H]2N1C(=O)CN(C)N2C(=O)NCc1ccc(OC)cc1. The fourth-order valence-corrected chi connectivity index (χ4v) is 5.26. The van der Waals surface area contributed by atoms with Gasteiger partial charge >= 0.3 is 6.03 Å². The van der Waals surface area contributed by atoms with Gasteiger partial charge in [0.1, 0.15) is 23.7 Å². The number of methoxy groups -OCH3 is 2. The Morgan fingerprint density at radius 3 is 2.15 bits per heavy atom. The van der Waals surface area contributed by atoms with Crippen LogP contribution in [0.3, 0.4) is 0 Å². The molecule has 3 atom stereocenters. The van der Waals surface area contributed by atoms with E-state index < -0.39 is 12.2 Å². The van der Waals surface area contributed by atoms with Gasteiger partial charge in [-0.15, -0.1) is 0 Å². The number of carbonyl (C=O) groups excluding carboxylic acids is 3. The molecular weight excluding hydrogens is 498 g/mol. The van der Waals surface area contributed by atoms with E-state index in [2.05, 4.69) is 5.32 Å². The molecule has 2 aromatic carbocycles. The van der Waals surface area contributed by atoms with Gasteiger partial charge in [0.05, 0.1) is 27.3 Å². The van der Waals surface area contributed by atoms with Crippen molar-refractivity contribution in [3.63, 3.8) is 0 Å². The molecule has 4 rings (SSSR count). The maximum Gasteiger partial charge on any atom is 0.334 e. The van der Waals surface area contributed by atoms with Gasteiger partial charge in [-0.2, -0.15) is 0 Å². The van der Waals surface area contributed by atoms with Crippen LogP contribution >= 0.6 is 0 Å². The standard InChI is InChI=1S/C29H39N5O5/c1-6-20(2)27-28(36)32(16-15-21-7-11-23(38-4)12-8-21)18-25-33(27)26(35)19-31(3)34(25)29(37)30-17-22-9-13-24(39-5)14-10-22/h7-14,20,25,27H,6,15-19H2,1-5H3,(H,30,37)/t20?,25-,27-/m0/s1. The zero-order chi connectivity index (χ0) is 28.1. The highest BCUT2D eigenvalue weighted by molar-refractivity contribution is 5.91. The molecule has 4 amide bonds. The van der Waals surface area contributed by atoms with Crippen LogP contribution in [0.4, 0.5) is 4.79 Å². The Morgan fingerprint density at radius 1 is 1.00 bits per heavy atom. The molecule has 2 aliphatic rings. The average molecular weight is 538 g/mol. The van der Waals surface area contributed by atoms with E-state index in [1.165, 1.54) is 0 Å². The van der Waals surface area contributed by atoms with Gasteiger partial charge in [0.15, 0.2) is 0 Å². The predicted octanol–water partition coefficient (Wildman–Crippen LogP) is 2.73. The van der Waals surface area contributed by atoms with Gasteiger partial charge in [0.2, 0.25) is 11.8 Å². The molecule has 10 heteroatoms. The number of piperazine rings is 1. The number of hydrogen-bond donors (Lipinski definition) is 1. The van der Waals surface area contributed by atoms with Crippen LogP contribution in [0.5, 0.6) is 11.5 Å². The van der Waals surface area contributed by atoms with Gasteiger partial charge in [0, 0.05) is 20.1 Å². The zero-order valence-electron chi connectivity index (χ0n) is 23.4. The first kappa shape index (κ1) is 28.2. The first-order valence-corrected chi connectivity index (χ1v) is 13.4. The number of rotatable bonds is 9. The molecule has 1 N–H and O–H groups in total. The molecule has 0 aromatic heterocycles. The summed E-state index contributed by atoms with van der Waals surface area (Å²) in [7, 11) is 4.97.